The Kier molecular flexibility index (Phi) is 4.75. The third-order valence-corrected chi connectivity index (χ3v) is 5.14. The van der Waals surface area contributed by atoms with Gasteiger partial charge in [-0.1, -0.05) is 24.3 Å². The van der Waals surface area contributed by atoms with Gasteiger partial charge in [0, 0.05) is 12.1 Å². The van der Waals surface area contributed by atoms with Crippen LogP contribution >= 0.6 is 0 Å². The van der Waals surface area contributed by atoms with Crippen LogP contribution < -0.4 is 14.8 Å². The molecule has 0 saturated carbocycles. The van der Waals surface area contributed by atoms with Crippen molar-refractivity contribution in [3.05, 3.63) is 53.6 Å². The molecule has 0 atom stereocenters. The van der Waals surface area contributed by atoms with E-state index in [2.05, 4.69) is 36.5 Å². The van der Waals surface area contributed by atoms with Crippen LogP contribution in [0.15, 0.2) is 42.5 Å². The number of nitrogens with zero attached hydrogens (tertiary/aromatic N) is 2. The lowest BCUT2D eigenvalue weighted by molar-refractivity contribution is 0.397. The van der Waals surface area contributed by atoms with Crippen LogP contribution in [-0.2, 0) is 6.42 Å². The zero-order chi connectivity index (χ0) is 18.8. The van der Waals surface area contributed by atoms with Gasteiger partial charge in [0.15, 0.2) is 0 Å². The van der Waals surface area contributed by atoms with E-state index in [1.54, 1.807) is 14.2 Å². The molecule has 0 fully saturated rings. The van der Waals surface area contributed by atoms with E-state index in [0.29, 0.717) is 0 Å². The molecule has 0 bridgehead atoms. The molecule has 140 valence electrons. The van der Waals surface area contributed by atoms with Crippen LogP contribution in [0.4, 0.5) is 5.82 Å². The Morgan fingerprint density at radius 3 is 2.41 bits per heavy atom. The van der Waals surface area contributed by atoms with Gasteiger partial charge in [-0.3, -0.25) is 0 Å². The maximum atomic E-state index is 5.65. The van der Waals surface area contributed by atoms with E-state index in [9.17, 15) is 0 Å². The van der Waals surface area contributed by atoms with Crippen molar-refractivity contribution in [2.45, 2.75) is 26.2 Å². The van der Waals surface area contributed by atoms with Crippen molar-refractivity contribution in [3.63, 3.8) is 0 Å². The van der Waals surface area contributed by atoms with Gasteiger partial charge in [-0.25, -0.2) is 4.68 Å². The summed E-state index contributed by atoms with van der Waals surface area (Å²) in [6, 6.07) is 14.2. The van der Waals surface area contributed by atoms with Gasteiger partial charge in [0.1, 0.15) is 23.0 Å². The minimum absolute atomic E-state index is 0.774. The number of fused-ring (bicyclic) bond motifs is 1. The average Bonchev–Trinajstić information content (AvgIpc) is 2.88. The Balaban J connectivity index is 2.00. The molecule has 1 aromatic heterocycles. The molecule has 5 heteroatoms. The van der Waals surface area contributed by atoms with Crippen molar-refractivity contribution < 1.29 is 9.47 Å². The summed E-state index contributed by atoms with van der Waals surface area (Å²) in [5.41, 5.74) is 5.33. The number of aromatic nitrogens is 2. The van der Waals surface area contributed by atoms with Crippen molar-refractivity contribution in [1.29, 1.82) is 0 Å². The third-order valence-electron chi connectivity index (χ3n) is 5.14. The molecular weight excluding hydrogens is 338 g/mol. The molecule has 2 heterocycles. The molecule has 0 amide bonds. The number of ether oxygens (including phenoxy) is 2. The van der Waals surface area contributed by atoms with Gasteiger partial charge >= 0.3 is 0 Å². The smallest absolute Gasteiger partial charge is 0.133 e. The number of methoxy groups -OCH3 is 2. The maximum Gasteiger partial charge on any atom is 0.133 e. The van der Waals surface area contributed by atoms with E-state index >= 15 is 0 Å². The van der Waals surface area contributed by atoms with E-state index in [0.717, 1.165) is 60.1 Å². The van der Waals surface area contributed by atoms with Crippen LogP contribution in [0.25, 0.3) is 16.9 Å². The number of hydrogen-bond acceptors (Lipinski definition) is 4. The van der Waals surface area contributed by atoms with Crippen LogP contribution in [0.3, 0.4) is 0 Å². The number of anilines is 1. The van der Waals surface area contributed by atoms with Crippen molar-refractivity contribution in [1.82, 2.24) is 9.78 Å². The van der Waals surface area contributed by atoms with Gasteiger partial charge in [-0.2, -0.15) is 5.10 Å². The predicted octanol–water partition coefficient (Wildman–Crippen LogP) is 4.61. The first-order chi connectivity index (χ1) is 13.2. The second kappa shape index (κ2) is 7.35. The van der Waals surface area contributed by atoms with Gasteiger partial charge in [-0.05, 0) is 49.9 Å². The molecule has 0 radical (unpaired) electrons. The van der Waals surface area contributed by atoms with Crippen LogP contribution in [-0.4, -0.2) is 30.5 Å². The highest BCUT2D eigenvalue weighted by atomic mass is 16.5. The van der Waals surface area contributed by atoms with Crippen molar-refractivity contribution in [3.8, 4) is 28.4 Å². The first-order valence-electron chi connectivity index (χ1n) is 9.37. The van der Waals surface area contributed by atoms with Crippen LogP contribution in [0.1, 0.15) is 24.0 Å². The molecule has 0 aliphatic carbocycles. The zero-order valence-electron chi connectivity index (χ0n) is 16.1. The molecule has 0 spiro atoms. The van der Waals surface area contributed by atoms with E-state index in [4.69, 9.17) is 14.6 Å². The lowest BCUT2D eigenvalue weighted by Crippen LogP contribution is -2.08. The van der Waals surface area contributed by atoms with Crippen molar-refractivity contribution >= 4 is 5.82 Å². The molecule has 1 aliphatic heterocycles. The first-order valence-corrected chi connectivity index (χ1v) is 9.37. The molecule has 4 rings (SSSR count). The molecule has 3 aromatic rings. The monoisotopic (exact) mass is 363 g/mol. The fraction of sp³-hybridized carbons (Fsp3) is 0.318. The third kappa shape index (κ3) is 3.03. The van der Waals surface area contributed by atoms with Crippen LogP contribution in [0.5, 0.6) is 11.5 Å². The summed E-state index contributed by atoms with van der Waals surface area (Å²) in [5.74, 6) is 2.62. The summed E-state index contributed by atoms with van der Waals surface area (Å²) in [5, 5.41) is 8.65. The largest absolute Gasteiger partial charge is 0.496 e. The summed E-state index contributed by atoms with van der Waals surface area (Å²) in [4.78, 5) is 0. The molecule has 2 aromatic carbocycles. The molecule has 27 heavy (non-hydrogen) atoms. The topological polar surface area (TPSA) is 48.3 Å². The Labute approximate surface area is 159 Å². The predicted molar refractivity (Wildman–Crippen MR) is 108 cm³/mol. The summed E-state index contributed by atoms with van der Waals surface area (Å²) in [7, 11) is 3.38. The quantitative estimate of drug-likeness (QED) is 0.735. The minimum Gasteiger partial charge on any atom is -0.496 e. The van der Waals surface area contributed by atoms with Gasteiger partial charge < -0.3 is 14.8 Å². The fourth-order valence-electron chi connectivity index (χ4n) is 3.76. The Morgan fingerprint density at radius 1 is 0.963 bits per heavy atom. The fourth-order valence-corrected chi connectivity index (χ4v) is 3.76. The highest BCUT2D eigenvalue weighted by Crippen LogP contribution is 2.43. The van der Waals surface area contributed by atoms with Gasteiger partial charge in [0.05, 0.1) is 25.5 Å². The SMILES string of the molecule is COc1cccc(OC)c1-c1nn(-c2ccccc2C)c2c1CCCCN2. The normalized spacial score (nSPS) is 13.4. The number of aryl methyl sites for hydroxylation is 1. The van der Waals surface area contributed by atoms with E-state index in [-0.39, 0.29) is 0 Å². The molecule has 0 saturated heterocycles. The molecule has 0 unspecified atom stereocenters. The molecular formula is C22H25N3O2. The molecule has 1 N–H and O–H groups in total. The van der Waals surface area contributed by atoms with Gasteiger partial charge in [-0.15, -0.1) is 0 Å². The summed E-state index contributed by atoms with van der Waals surface area (Å²) >= 11 is 0. The molecule has 5 nitrogen and oxygen atoms in total. The lowest BCUT2D eigenvalue weighted by atomic mass is 10.0. The average molecular weight is 363 g/mol. The summed E-state index contributed by atoms with van der Waals surface area (Å²) in [6.45, 7) is 3.07. The Hall–Kier alpha value is -2.95. The lowest BCUT2D eigenvalue weighted by Gasteiger charge is -2.12. The van der Waals surface area contributed by atoms with Crippen LogP contribution in [0.2, 0.25) is 0 Å². The number of rotatable bonds is 4. The number of para-hydroxylation sites is 1. The van der Waals surface area contributed by atoms with E-state index in [1.165, 1.54) is 11.1 Å². The van der Waals surface area contributed by atoms with Crippen LogP contribution in [0, 0.1) is 6.92 Å². The standard InChI is InChI=1S/C22H25N3O2/c1-15-9-4-5-11-17(15)25-22-16(10-6-7-14-23-22)21(24-25)20-18(26-2)12-8-13-19(20)27-3/h4-5,8-9,11-13,23H,6-7,10,14H2,1-3H3. The minimum atomic E-state index is 0.774. The summed E-state index contributed by atoms with van der Waals surface area (Å²) < 4.78 is 13.3. The number of nitrogens with one attached hydrogen (secondary N) is 1. The van der Waals surface area contributed by atoms with E-state index < -0.39 is 0 Å². The highest BCUT2D eigenvalue weighted by Gasteiger charge is 2.26. The highest BCUT2D eigenvalue weighted by molar-refractivity contribution is 5.80. The van der Waals surface area contributed by atoms with Crippen molar-refractivity contribution in [2.24, 2.45) is 0 Å². The maximum absolute atomic E-state index is 5.65. The summed E-state index contributed by atoms with van der Waals surface area (Å²) in [6.07, 6.45) is 3.25. The van der Waals surface area contributed by atoms with E-state index in [1.807, 2.05) is 22.9 Å². The second-order valence-corrected chi connectivity index (χ2v) is 6.80. The van der Waals surface area contributed by atoms with Gasteiger partial charge in [0.2, 0.25) is 0 Å². The second-order valence-electron chi connectivity index (χ2n) is 6.80. The number of benzene rings is 2. The Bertz CT molecular complexity index is 940. The molecule has 1 aliphatic rings. The zero-order valence-corrected chi connectivity index (χ0v) is 16.1. The van der Waals surface area contributed by atoms with Gasteiger partial charge in [0.25, 0.3) is 0 Å². The first kappa shape index (κ1) is 17.5. The number of hydrogen-bond donors (Lipinski definition) is 1. The Morgan fingerprint density at radius 2 is 1.70 bits per heavy atom. The van der Waals surface area contributed by atoms with Crippen molar-refractivity contribution in [2.75, 3.05) is 26.1 Å².